The summed E-state index contributed by atoms with van der Waals surface area (Å²) in [6.45, 7) is 4.17. The number of nitriles is 1. The SMILES string of the molecule is CN1CCN(c2ccc(C#N)c(N)c2)CC1. The molecule has 0 amide bonds. The maximum atomic E-state index is 8.80. The molecule has 0 atom stereocenters. The highest BCUT2D eigenvalue weighted by Gasteiger charge is 2.14. The normalized spacial score (nSPS) is 17.1. The van der Waals surface area contributed by atoms with Crippen LogP contribution in [0.5, 0.6) is 0 Å². The number of likely N-dealkylation sites (N-methyl/N-ethyl adjacent to an activating group) is 1. The van der Waals surface area contributed by atoms with Crippen LogP contribution in [0.2, 0.25) is 0 Å². The van der Waals surface area contributed by atoms with Crippen LogP contribution < -0.4 is 10.6 Å². The zero-order chi connectivity index (χ0) is 11.5. The second-order valence-corrected chi connectivity index (χ2v) is 4.17. The van der Waals surface area contributed by atoms with E-state index in [1.54, 1.807) is 6.07 Å². The number of hydrogen-bond donors (Lipinski definition) is 1. The lowest BCUT2D eigenvalue weighted by Gasteiger charge is -2.34. The number of nitrogens with two attached hydrogens (primary N) is 1. The van der Waals surface area contributed by atoms with Gasteiger partial charge in [-0.25, -0.2) is 0 Å². The van der Waals surface area contributed by atoms with E-state index in [-0.39, 0.29) is 0 Å². The third kappa shape index (κ3) is 2.10. The number of rotatable bonds is 1. The second kappa shape index (κ2) is 4.42. The molecule has 1 heterocycles. The van der Waals surface area contributed by atoms with Crippen molar-refractivity contribution in [3.05, 3.63) is 23.8 Å². The summed E-state index contributed by atoms with van der Waals surface area (Å²) in [7, 11) is 2.13. The highest BCUT2D eigenvalue weighted by molar-refractivity contribution is 5.63. The fraction of sp³-hybridized carbons (Fsp3) is 0.417. The van der Waals surface area contributed by atoms with Crippen molar-refractivity contribution in [2.45, 2.75) is 0 Å². The molecular weight excluding hydrogens is 200 g/mol. The Kier molecular flexibility index (Phi) is 2.97. The van der Waals surface area contributed by atoms with E-state index in [9.17, 15) is 0 Å². The van der Waals surface area contributed by atoms with Crippen LogP contribution in [0.4, 0.5) is 11.4 Å². The van der Waals surface area contributed by atoms with E-state index in [0.29, 0.717) is 11.3 Å². The molecule has 1 aliphatic rings. The largest absolute Gasteiger partial charge is 0.398 e. The van der Waals surface area contributed by atoms with E-state index in [4.69, 9.17) is 11.0 Å². The molecule has 0 aliphatic carbocycles. The van der Waals surface area contributed by atoms with Crippen LogP contribution in [-0.4, -0.2) is 38.1 Å². The summed E-state index contributed by atoms with van der Waals surface area (Å²) in [5.74, 6) is 0. The minimum atomic E-state index is 0.554. The summed E-state index contributed by atoms with van der Waals surface area (Å²) >= 11 is 0. The molecule has 0 saturated carbocycles. The monoisotopic (exact) mass is 216 g/mol. The number of nitrogens with zero attached hydrogens (tertiary/aromatic N) is 3. The predicted molar refractivity (Wildman–Crippen MR) is 65.3 cm³/mol. The molecule has 0 aromatic heterocycles. The standard InChI is InChI=1S/C12H16N4/c1-15-4-6-16(7-5-15)11-3-2-10(9-13)12(14)8-11/h2-3,8H,4-7,14H2,1H3. The van der Waals surface area contributed by atoms with Crippen LogP contribution in [0.15, 0.2) is 18.2 Å². The highest BCUT2D eigenvalue weighted by atomic mass is 15.2. The Morgan fingerprint density at radius 2 is 1.94 bits per heavy atom. The first-order chi connectivity index (χ1) is 7.70. The van der Waals surface area contributed by atoms with Crippen molar-refractivity contribution < 1.29 is 0 Å². The summed E-state index contributed by atoms with van der Waals surface area (Å²) in [6, 6.07) is 7.74. The molecule has 4 heteroatoms. The third-order valence-electron chi connectivity index (χ3n) is 3.02. The van der Waals surface area contributed by atoms with Gasteiger partial charge in [0.25, 0.3) is 0 Å². The highest BCUT2D eigenvalue weighted by Crippen LogP contribution is 2.21. The molecule has 0 radical (unpaired) electrons. The van der Waals surface area contributed by atoms with Crippen molar-refractivity contribution in [2.75, 3.05) is 43.9 Å². The quantitative estimate of drug-likeness (QED) is 0.708. The molecule has 2 rings (SSSR count). The number of benzene rings is 1. The fourth-order valence-electron chi connectivity index (χ4n) is 1.91. The number of piperazine rings is 1. The van der Waals surface area contributed by atoms with Gasteiger partial charge in [-0.15, -0.1) is 0 Å². The van der Waals surface area contributed by atoms with Crippen LogP contribution >= 0.6 is 0 Å². The van der Waals surface area contributed by atoms with E-state index >= 15 is 0 Å². The molecule has 0 spiro atoms. The molecule has 1 aromatic rings. The second-order valence-electron chi connectivity index (χ2n) is 4.17. The lowest BCUT2D eigenvalue weighted by molar-refractivity contribution is 0.313. The van der Waals surface area contributed by atoms with Gasteiger partial charge in [-0.1, -0.05) is 0 Å². The van der Waals surface area contributed by atoms with Crippen LogP contribution in [0.3, 0.4) is 0 Å². The van der Waals surface area contributed by atoms with E-state index in [1.165, 1.54) is 0 Å². The van der Waals surface area contributed by atoms with Crippen molar-refractivity contribution in [1.29, 1.82) is 5.26 Å². The van der Waals surface area contributed by atoms with Crippen molar-refractivity contribution >= 4 is 11.4 Å². The van der Waals surface area contributed by atoms with Crippen molar-refractivity contribution in [3.8, 4) is 6.07 Å². The smallest absolute Gasteiger partial charge is 0.101 e. The topological polar surface area (TPSA) is 56.3 Å². The zero-order valence-electron chi connectivity index (χ0n) is 9.48. The summed E-state index contributed by atoms with van der Waals surface area (Å²) in [6.07, 6.45) is 0. The van der Waals surface area contributed by atoms with Gasteiger partial charge in [-0.3, -0.25) is 0 Å². The van der Waals surface area contributed by atoms with Crippen LogP contribution in [0.1, 0.15) is 5.56 Å². The van der Waals surface area contributed by atoms with Gasteiger partial charge in [-0.05, 0) is 25.2 Å². The first-order valence-corrected chi connectivity index (χ1v) is 5.44. The predicted octanol–water partition coefficient (Wildman–Crippen LogP) is 0.892. The number of nitrogen functional groups attached to an aromatic ring is 1. The lowest BCUT2D eigenvalue weighted by Crippen LogP contribution is -2.44. The Bertz CT molecular complexity index is 414. The maximum Gasteiger partial charge on any atom is 0.101 e. The summed E-state index contributed by atoms with van der Waals surface area (Å²) < 4.78 is 0. The first-order valence-electron chi connectivity index (χ1n) is 5.44. The average Bonchev–Trinajstić information content (AvgIpc) is 2.30. The number of hydrogen-bond acceptors (Lipinski definition) is 4. The zero-order valence-corrected chi connectivity index (χ0v) is 9.48. The van der Waals surface area contributed by atoms with Gasteiger partial charge in [0.1, 0.15) is 6.07 Å². The van der Waals surface area contributed by atoms with Gasteiger partial charge in [0, 0.05) is 31.9 Å². The molecule has 1 fully saturated rings. The molecule has 4 nitrogen and oxygen atoms in total. The minimum Gasteiger partial charge on any atom is -0.398 e. The van der Waals surface area contributed by atoms with Crippen molar-refractivity contribution in [3.63, 3.8) is 0 Å². The summed E-state index contributed by atoms with van der Waals surface area (Å²) in [4.78, 5) is 4.61. The molecule has 84 valence electrons. The molecular formula is C12H16N4. The minimum absolute atomic E-state index is 0.554. The molecule has 1 aromatic carbocycles. The fourth-order valence-corrected chi connectivity index (χ4v) is 1.91. The average molecular weight is 216 g/mol. The Balaban J connectivity index is 2.16. The van der Waals surface area contributed by atoms with Crippen LogP contribution in [-0.2, 0) is 0 Å². The lowest BCUT2D eigenvalue weighted by atomic mass is 10.1. The van der Waals surface area contributed by atoms with Gasteiger partial charge in [0.05, 0.1) is 11.3 Å². The first kappa shape index (κ1) is 10.8. The van der Waals surface area contributed by atoms with Crippen LogP contribution in [0, 0.1) is 11.3 Å². The van der Waals surface area contributed by atoms with E-state index in [2.05, 4.69) is 22.9 Å². The third-order valence-corrected chi connectivity index (χ3v) is 3.02. The number of anilines is 2. The molecule has 2 N–H and O–H groups in total. The Morgan fingerprint density at radius 1 is 1.25 bits per heavy atom. The van der Waals surface area contributed by atoms with Crippen molar-refractivity contribution in [2.24, 2.45) is 0 Å². The molecule has 1 saturated heterocycles. The van der Waals surface area contributed by atoms with Crippen molar-refractivity contribution in [1.82, 2.24) is 4.90 Å². The summed E-state index contributed by atoms with van der Waals surface area (Å²) in [5, 5.41) is 8.80. The Labute approximate surface area is 95.9 Å². The maximum absolute atomic E-state index is 8.80. The van der Waals surface area contributed by atoms with E-state index in [0.717, 1.165) is 31.9 Å². The van der Waals surface area contributed by atoms with E-state index < -0.39 is 0 Å². The van der Waals surface area contributed by atoms with Gasteiger partial charge in [0.15, 0.2) is 0 Å². The van der Waals surface area contributed by atoms with Gasteiger partial charge < -0.3 is 15.5 Å². The Morgan fingerprint density at radius 3 is 2.50 bits per heavy atom. The molecule has 1 aliphatic heterocycles. The Hall–Kier alpha value is -1.73. The molecule has 0 bridgehead atoms. The summed E-state index contributed by atoms with van der Waals surface area (Å²) in [5.41, 5.74) is 8.04. The van der Waals surface area contributed by atoms with E-state index in [1.807, 2.05) is 12.1 Å². The van der Waals surface area contributed by atoms with Gasteiger partial charge in [-0.2, -0.15) is 5.26 Å². The molecule has 0 unspecified atom stereocenters. The molecule has 16 heavy (non-hydrogen) atoms. The van der Waals surface area contributed by atoms with Crippen LogP contribution in [0.25, 0.3) is 0 Å². The van der Waals surface area contributed by atoms with Gasteiger partial charge in [0.2, 0.25) is 0 Å². The van der Waals surface area contributed by atoms with Gasteiger partial charge >= 0.3 is 0 Å².